The molecule has 0 saturated carbocycles. The van der Waals surface area contributed by atoms with Crippen molar-refractivity contribution in [3.63, 3.8) is 0 Å². The number of nitrogens with zero attached hydrogens (tertiary/aromatic N) is 7. The number of hydrogen-bond acceptors (Lipinski definition) is 8. The van der Waals surface area contributed by atoms with Gasteiger partial charge in [-0.1, -0.05) is 0 Å². The lowest BCUT2D eigenvalue weighted by Gasteiger charge is -2.34. The first-order valence-electron chi connectivity index (χ1n) is 8.36. The molecule has 2 N–H and O–H groups in total. The summed E-state index contributed by atoms with van der Waals surface area (Å²) in [5.41, 5.74) is 0.770. The zero-order chi connectivity index (χ0) is 17.2. The highest BCUT2D eigenvalue weighted by Gasteiger charge is 2.23. The Balaban J connectivity index is 1.51. The molecule has 3 aromatic heterocycles. The first-order chi connectivity index (χ1) is 12.2. The van der Waals surface area contributed by atoms with Crippen LogP contribution in [0.2, 0.25) is 0 Å². The van der Waals surface area contributed by atoms with E-state index >= 15 is 0 Å². The molecule has 0 bridgehead atoms. The zero-order valence-corrected chi connectivity index (χ0v) is 14.3. The van der Waals surface area contributed by atoms with Gasteiger partial charge in [0.1, 0.15) is 18.0 Å². The maximum atomic E-state index is 4.55. The Labute approximate surface area is 145 Å². The second-order valence-electron chi connectivity index (χ2n) is 6.40. The molecule has 0 amide bonds. The van der Waals surface area contributed by atoms with E-state index in [0.717, 1.165) is 48.6 Å². The molecule has 3 aromatic rings. The van der Waals surface area contributed by atoms with Crippen molar-refractivity contribution < 1.29 is 0 Å². The normalized spacial score (nSPS) is 17.7. The molecule has 0 radical (unpaired) electrons. The average molecular weight is 339 g/mol. The summed E-state index contributed by atoms with van der Waals surface area (Å²) >= 11 is 0. The third-order valence-electron chi connectivity index (χ3n) is 4.34. The fraction of sp³-hybridized carbons (Fsp3) is 0.438. The molecule has 1 saturated heterocycles. The first-order valence-corrected chi connectivity index (χ1v) is 8.36. The van der Waals surface area contributed by atoms with Gasteiger partial charge in [-0.2, -0.15) is 10.1 Å². The molecule has 4 rings (SSSR count). The van der Waals surface area contributed by atoms with Gasteiger partial charge in [0.05, 0.1) is 11.6 Å². The van der Waals surface area contributed by atoms with Crippen molar-refractivity contribution in [2.75, 3.05) is 42.3 Å². The number of piperidine rings is 1. The minimum absolute atomic E-state index is 0.301. The molecule has 0 spiro atoms. The number of aromatic amines is 1. The first kappa shape index (κ1) is 15.6. The van der Waals surface area contributed by atoms with Crippen molar-refractivity contribution in [3.05, 3.63) is 24.8 Å². The lowest BCUT2D eigenvalue weighted by molar-refractivity contribution is 0.526. The molecule has 1 atom stereocenters. The van der Waals surface area contributed by atoms with E-state index in [9.17, 15) is 0 Å². The predicted molar refractivity (Wildman–Crippen MR) is 96.9 cm³/mol. The molecule has 0 aliphatic carbocycles. The van der Waals surface area contributed by atoms with Crippen LogP contribution in [0.15, 0.2) is 24.8 Å². The number of anilines is 3. The van der Waals surface area contributed by atoms with Crippen LogP contribution in [0.5, 0.6) is 0 Å². The van der Waals surface area contributed by atoms with Crippen molar-refractivity contribution in [3.8, 4) is 0 Å². The lowest BCUT2D eigenvalue weighted by Crippen LogP contribution is -2.42. The van der Waals surface area contributed by atoms with Crippen LogP contribution in [0.1, 0.15) is 12.8 Å². The van der Waals surface area contributed by atoms with Crippen molar-refractivity contribution >= 4 is 28.6 Å². The van der Waals surface area contributed by atoms with E-state index in [1.165, 1.54) is 0 Å². The van der Waals surface area contributed by atoms with Gasteiger partial charge < -0.3 is 15.1 Å². The summed E-state index contributed by atoms with van der Waals surface area (Å²) in [6.45, 7) is 1.83. The summed E-state index contributed by atoms with van der Waals surface area (Å²) < 4.78 is 0. The molecular weight excluding hydrogens is 318 g/mol. The largest absolute Gasteiger partial charge is 0.365 e. The third-order valence-corrected chi connectivity index (χ3v) is 4.34. The summed E-state index contributed by atoms with van der Waals surface area (Å²) in [7, 11) is 3.87. The Bertz CT molecular complexity index is 859. The summed E-state index contributed by atoms with van der Waals surface area (Å²) in [6.07, 6.45) is 7.34. The van der Waals surface area contributed by atoms with Crippen molar-refractivity contribution in [2.24, 2.45) is 0 Å². The summed E-state index contributed by atoms with van der Waals surface area (Å²) in [5.74, 6) is 2.48. The molecular formula is C16H21N9. The van der Waals surface area contributed by atoms with E-state index in [1.807, 2.05) is 25.1 Å². The fourth-order valence-corrected chi connectivity index (χ4v) is 3.14. The van der Waals surface area contributed by atoms with Gasteiger partial charge in [-0.3, -0.25) is 5.10 Å². The van der Waals surface area contributed by atoms with E-state index in [1.54, 1.807) is 18.7 Å². The quantitative estimate of drug-likeness (QED) is 0.734. The number of aromatic nitrogens is 6. The van der Waals surface area contributed by atoms with Crippen molar-refractivity contribution in [1.82, 2.24) is 30.1 Å². The summed E-state index contributed by atoms with van der Waals surface area (Å²) in [5, 5.41) is 11.5. The van der Waals surface area contributed by atoms with Crippen LogP contribution in [0.3, 0.4) is 0 Å². The third kappa shape index (κ3) is 3.17. The van der Waals surface area contributed by atoms with E-state index in [0.29, 0.717) is 12.0 Å². The van der Waals surface area contributed by atoms with Crippen LogP contribution in [-0.4, -0.2) is 63.4 Å². The molecule has 130 valence electrons. The smallest absolute Gasteiger partial charge is 0.226 e. The predicted octanol–water partition coefficient (Wildman–Crippen LogP) is 1.29. The molecule has 25 heavy (non-hydrogen) atoms. The lowest BCUT2D eigenvalue weighted by atomic mass is 10.1. The fourth-order valence-electron chi connectivity index (χ4n) is 3.14. The zero-order valence-electron chi connectivity index (χ0n) is 14.3. The maximum absolute atomic E-state index is 4.55. The summed E-state index contributed by atoms with van der Waals surface area (Å²) in [6, 6.07) is 2.21. The Morgan fingerprint density at radius 3 is 3.08 bits per heavy atom. The van der Waals surface area contributed by atoms with Gasteiger partial charge in [0.25, 0.3) is 0 Å². The van der Waals surface area contributed by atoms with Crippen molar-refractivity contribution in [1.29, 1.82) is 0 Å². The van der Waals surface area contributed by atoms with Crippen LogP contribution in [-0.2, 0) is 0 Å². The number of H-pyrrole nitrogens is 1. The average Bonchev–Trinajstić information content (AvgIpc) is 3.11. The Kier molecular flexibility index (Phi) is 4.04. The molecule has 9 nitrogen and oxygen atoms in total. The van der Waals surface area contributed by atoms with Crippen LogP contribution < -0.4 is 15.1 Å². The second-order valence-corrected chi connectivity index (χ2v) is 6.40. The van der Waals surface area contributed by atoms with E-state index in [2.05, 4.69) is 40.3 Å². The van der Waals surface area contributed by atoms with Crippen LogP contribution in [0.4, 0.5) is 17.6 Å². The van der Waals surface area contributed by atoms with Gasteiger partial charge in [0.2, 0.25) is 5.95 Å². The van der Waals surface area contributed by atoms with Crippen LogP contribution in [0.25, 0.3) is 11.0 Å². The Morgan fingerprint density at radius 2 is 2.20 bits per heavy atom. The number of rotatable bonds is 4. The standard InChI is InChI=1S/C16H21N9/c1-24(2)16-17-6-5-13(22-16)21-11-4-3-7-25(9-11)15-12-8-20-23-14(12)18-10-19-15/h5-6,8,10-11H,3-4,7,9H2,1-2H3,(H,17,21,22)(H,18,19,20,23). The van der Waals surface area contributed by atoms with E-state index < -0.39 is 0 Å². The van der Waals surface area contributed by atoms with E-state index in [-0.39, 0.29) is 0 Å². The minimum atomic E-state index is 0.301. The van der Waals surface area contributed by atoms with Gasteiger partial charge in [0, 0.05) is 39.4 Å². The molecule has 1 unspecified atom stereocenters. The van der Waals surface area contributed by atoms with Crippen LogP contribution in [0, 0.1) is 0 Å². The summed E-state index contributed by atoms with van der Waals surface area (Å²) in [4.78, 5) is 21.7. The van der Waals surface area contributed by atoms with E-state index in [4.69, 9.17) is 0 Å². The van der Waals surface area contributed by atoms with Gasteiger partial charge in [-0.25, -0.2) is 15.0 Å². The SMILES string of the molecule is CN(C)c1nccc(NC2CCCN(c3ncnc4[nH]ncc34)C2)n1. The van der Waals surface area contributed by atoms with Gasteiger partial charge in [-0.05, 0) is 18.9 Å². The van der Waals surface area contributed by atoms with Crippen LogP contribution >= 0.6 is 0 Å². The molecule has 1 fully saturated rings. The molecule has 0 aromatic carbocycles. The topological polar surface area (TPSA) is 98.8 Å². The number of nitrogens with one attached hydrogen (secondary N) is 2. The molecule has 1 aliphatic rings. The highest BCUT2D eigenvalue weighted by molar-refractivity contribution is 5.86. The van der Waals surface area contributed by atoms with Crippen molar-refractivity contribution in [2.45, 2.75) is 18.9 Å². The molecule has 4 heterocycles. The Hall–Kier alpha value is -2.97. The second kappa shape index (κ2) is 6.50. The minimum Gasteiger partial charge on any atom is -0.365 e. The molecule has 1 aliphatic heterocycles. The van der Waals surface area contributed by atoms with Gasteiger partial charge in [-0.15, -0.1) is 0 Å². The maximum Gasteiger partial charge on any atom is 0.226 e. The number of fused-ring (bicyclic) bond motifs is 1. The van der Waals surface area contributed by atoms with Gasteiger partial charge in [0.15, 0.2) is 5.65 Å². The number of hydrogen-bond donors (Lipinski definition) is 2. The Morgan fingerprint density at radius 1 is 1.28 bits per heavy atom. The highest BCUT2D eigenvalue weighted by atomic mass is 15.3. The van der Waals surface area contributed by atoms with Gasteiger partial charge >= 0.3 is 0 Å². The highest BCUT2D eigenvalue weighted by Crippen LogP contribution is 2.25. The monoisotopic (exact) mass is 339 g/mol. The molecule has 9 heteroatoms.